The molecule has 1 heterocycles. The van der Waals surface area contributed by atoms with E-state index in [1.807, 2.05) is 18.2 Å². The van der Waals surface area contributed by atoms with Crippen LogP contribution in [0.15, 0.2) is 24.3 Å². The number of aromatic nitrogens is 3. The molecule has 60 valence electrons. The van der Waals surface area contributed by atoms with Gasteiger partial charge in [-0.2, -0.15) is 0 Å². The topological polar surface area (TPSA) is 41.6 Å². The van der Waals surface area contributed by atoms with Crippen LogP contribution in [0.3, 0.4) is 0 Å². The number of H-pyrrole nitrogens is 1. The maximum absolute atomic E-state index is 5.57. The first kappa shape index (κ1) is 11.4. The van der Waals surface area contributed by atoms with Gasteiger partial charge in [-0.15, -0.1) is 35.9 Å². The second kappa shape index (κ2) is 5.24. The molecule has 0 atom stereocenters. The van der Waals surface area contributed by atoms with E-state index in [0.717, 1.165) is 5.56 Å². The van der Waals surface area contributed by atoms with Crippen molar-refractivity contribution in [1.29, 1.82) is 0 Å². The van der Waals surface area contributed by atoms with Gasteiger partial charge in [-0.1, -0.05) is 0 Å². The number of nitrogens with one attached hydrogen (secondary N) is 1. The van der Waals surface area contributed by atoms with Crippen LogP contribution in [0.5, 0.6) is 0 Å². The first-order valence-corrected chi connectivity index (χ1v) is 3.79. The SMILES string of the molecule is Clc1nc(-c2[c-]cccc2)n[nH]1.[K+]. The van der Waals surface area contributed by atoms with Gasteiger partial charge in [-0.05, 0) is 11.6 Å². The smallest absolute Gasteiger partial charge is 0.259 e. The van der Waals surface area contributed by atoms with Crippen molar-refractivity contribution in [3.05, 3.63) is 35.6 Å². The molecule has 2 aromatic rings. The molecule has 1 N–H and O–H groups in total. The molecule has 13 heavy (non-hydrogen) atoms. The quantitative estimate of drug-likeness (QED) is 0.488. The van der Waals surface area contributed by atoms with E-state index < -0.39 is 0 Å². The third-order valence-electron chi connectivity index (χ3n) is 1.41. The number of aromatic amines is 1. The first-order valence-electron chi connectivity index (χ1n) is 3.41. The zero-order valence-electron chi connectivity index (χ0n) is 7.08. The van der Waals surface area contributed by atoms with Crippen LogP contribution >= 0.6 is 11.6 Å². The molecule has 0 fully saturated rings. The third kappa shape index (κ3) is 2.87. The molecule has 0 spiro atoms. The molecule has 1 aromatic carbocycles. The molecule has 0 amide bonds. The summed E-state index contributed by atoms with van der Waals surface area (Å²) in [4.78, 5) is 3.95. The summed E-state index contributed by atoms with van der Waals surface area (Å²) in [5.41, 5.74) is 0.834. The molecule has 0 aliphatic rings. The molecule has 1 aromatic heterocycles. The van der Waals surface area contributed by atoms with Gasteiger partial charge < -0.3 is 0 Å². The second-order valence-corrected chi connectivity index (χ2v) is 2.58. The molecule has 0 aliphatic carbocycles. The van der Waals surface area contributed by atoms with Gasteiger partial charge in [0.05, 0.1) is 5.82 Å². The van der Waals surface area contributed by atoms with Gasteiger partial charge in [0, 0.05) is 0 Å². The molecular formula is C8H5ClKN3. The standard InChI is InChI=1S/C8H5ClN3.K/c9-8-10-7(11-12-8)6-4-2-1-3-5-6;/h1-4H,(H,10,11,12);/q-1;+1. The Balaban J connectivity index is 0.000000845. The Bertz CT molecular complexity index is 374. The van der Waals surface area contributed by atoms with E-state index in [-0.39, 0.29) is 51.4 Å². The summed E-state index contributed by atoms with van der Waals surface area (Å²) in [6.07, 6.45) is 0. The molecule has 0 aliphatic heterocycles. The van der Waals surface area contributed by atoms with Gasteiger partial charge in [0.2, 0.25) is 5.28 Å². The minimum atomic E-state index is 0. The average Bonchev–Trinajstić information content (AvgIpc) is 2.54. The van der Waals surface area contributed by atoms with E-state index in [2.05, 4.69) is 21.2 Å². The number of hydrogen-bond acceptors (Lipinski definition) is 2. The molecular weight excluding hydrogens is 213 g/mol. The maximum Gasteiger partial charge on any atom is 1.00 e. The number of benzene rings is 1. The van der Waals surface area contributed by atoms with Crippen molar-refractivity contribution in [3.8, 4) is 11.4 Å². The predicted octanol–water partition coefficient (Wildman–Crippen LogP) is -1.07. The normalized spacial score (nSPS) is 9.31. The van der Waals surface area contributed by atoms with Crippen molar-refractivity contribution in [2.75, 3.05) is 0 Å². The van der Waals surface area contributed by atoms with Crippen molar-refractivity contribution in [1.82, 2.24) is 15.2 Å². The van der Waals surface area contributed by atoms with Crippen molar-refractivity contribution < 1.29 is 51.4 Å². The van der Waals surface area contributed by atoms with E-state index in [9.17, 15) is 0 Å². The predicted molar refractivity (Wildman–Crippen MR) is 45.7 cm³/mol. The van der Waals surface area contributed by atoms with Gasteiger partial charge in [0.25, 0.3) is 0 Å². The van der Waals surface area contributed by atoms with Crippen LogP contribution in [0.1, 0.15) is 0 Å². The van der Waals surface area contributed by atoms with Crippen molar-refractivity contribution in [2.45, 2.75) is 0 Å². The van der Waals surface area contributed by atoms with Crippen LogP contribution in [0.2, 0.25) is 5.28 Å². The van der Waals surface area contributed by atoms with Gasteiger partial charge >= 0.3 is 51.4 Å². The zero-order chi connectivity index (χ0) is 8.39. The molecule has 3 nitrogen and oxygen atoms in total. The molecule has 5 heteroatoms. The van der Waals surface area contributed by atoms with Crippen LogP contribution in [-0.2, 0) is 0 Å². The number of hydrogen-bond donors (Lipinski definition) is 1. The first-order chi connectivity index (χ1) is 5.86. The average molecular weight is 218 g/mol. The van der Waals surface area contributed by atoms with Crippen molar-refractivity contribution >= 4 is 11.6 Å². The Morgan fingerprint density at radius 2 is 2.23 bits per heavy atom. The van der Waals surface area contributed by atoms with E-state index in [1.54, 1.807) is 6.07 Å². The van der Waals surface area contributed by atoms with Crippen LogP contribution in [0.4, 0.5) is 0 Å². The molecule has 0 saturated heterocycles. The Labute approximate surface area is 123 Å². The monoisotopic (exact) mass is 217 g/mol. The molecule has 0 bridgehead atoms. The Kier molecular flexibility index (Phi) is 4.58. The third-order valence-corrected chi connectivity index (χ3v) is 1.58. The number of halogens is 1. The fourth-order valence-electron chi connectivity index (χ4n) is 0.895. The molecule has 2 rings (SSSR count). The van der Waals surface area contributed by atoms with Gasteiger partial charge in [-0.25, -0.2) is 10.1 Å². The van der Waals surface area contributed by atoms with Gasteiger partial charge in [-0.3, -0.25) is 5.10 Å². The fourth-order valence-corrected chi connectivity index (χ4v) is 1.02. The molecule has 0 saturated carbocycles. The van der Waals surface area contributed by atoms with E-state index in [0.29, 0.717) is 11.1 Å². The largest absolute Gasteiger partial charge is 1.00 e. The molecule has 0 radical (unpaired) electrons. The van der Waals surface area contributed by atoms with Gasteiger partial charge in [0.15, 0.2) is 0 Å². The Morgan fingerprint density at radius 1 is 1.38 bits per heavy atom. The maximum atomic E-state index is 5.57. The van der Waals surface area contributed by atoms with E-state index in [1.165, 1.54) is 0 Å². The van der Waals surface area contributed by atoms with E-state index in [4.69, 9.17) is 11.6 Å². The summed E-state index contributed by atoms with van der Waals surface area (Å²) in [5, 5.41) is 6.73. The number of nitrogens with zero attached hydrogens (tertiary/aromatic N) is 2. The number of rotatable bonds is 1. The van der Waals surface area contributed by atoms with Crippen molar-refractivity contribution in [2.24, 2.45) is 0 Å². The van der Waals surface area contributed by atoms with Crippen LogP contribution in [0.25, 0.3) is 11.4 Å². The van der Waals surface area contributed by atoms with Crippen LogP contribution in [0, 0.1) is 6.07 Å². The summed E-state index contributed by atoms with van der Waals surface area (Å²) in [6.45, 7) is 0. The second-order valence-electron chi connectivity index (χ2n) is 2.23. The summed E-state index contributed by atoms with van der Waals surface area (Å²) < 4.78 is 0. The fraction of sp³-hybridized carbons (Fsp3) is 0. The minimum Gasteiger partial charge on any atom is -0.259 e. The minimum absolute atomic E-state index is 0. The Hall–Kier alpha value is 0.286. The zero-order valence-corrected chi connectivity index (χ0v) is 11.0. The van der Waals surface area contributed by atoms with Crippen molar-refractivity contribution in [3.63, 3.8) is 0 Å². The Morgan fingerprint density at radius 3 is 2.77 bits per heavy atom. The molecule has 0 unspecified atom stereocenters. The van der Waals surface area contributed by atoms with Crippen LogP contribution < -0.4 is 51.4 Å². The summed E-state index contributed by atoms with van der Waals surface area (Å²) >= 11 is 5.57. The van der Waals surface area contributed by atoms with Gasteiger partial charge in [0.1, 0.15) is 0 Å². The van der Waals surface area contributed by atoms with Crippen LogP contribution in [-0.4, -0.2) is 15.2 Å². The summed E-state index contributed by atoms with van der Waals surface area (Å²) in [5.74, 6) is 0.570. The summed E-state index contributed by atoms with van der Waals surface area (Å²) in [7, 11) is 0. The van der Waals surface area contributed by atoms with E-state index >= 15 is 0 Å². The summed E-state index contributed by atoms with van der Waals surface area (Å²) in [6, 6.07) is 10.5.